The average Bonchev–Trinajstić information content (AvgIpc) is 3.05. The normalized spacial score (nSPS) is 11.9. The maximum atomic E-state index is 10.4. The summed E-state index contributed by atoms with van der Waals surface area (Å²) >= 11 is 6.25. The predicted octanol–water partition coefficient (Wildman–Crippen LogP) is 6.05. The summed E-state index contributed by atoms with van der Waals surface area (Å²) in [6.07, 6.45) is 0.737. The first-order valence-electron chi connectivity index (χ1n) is 9.00. The molecule has 1 aromatic heterocycles. The van der Waals surface area contributed by atoms with E-state index in [0.29, 0.717) is 16.3 Å². The van der Waals surface area contributed by atoms with Crippen LogP contribution in [0.15, 0.2) is 72.8 Å². The van der Waals surface area contributed by atoms with Crippen molar-refractivity contribution < 1.29 is 10.2 Å². The summed E-state index contributed by atoms with van der Waals surface area (Å²) in [6, 6.07) is 22.3. The van der Waals surface area contributed by atoms with Gasteiger partial charge in [-0.2, -0.15) is 0 Å². The van der Waals surface area contributed by atoms with Crippen LogP contribution in [0.1, 0.15) is 11.1 Å². The maximum Gasteiger partial charge on any atom is 0.124 e. The van der Waals surface area contributed by atoms with Crippen LogP contribution in [0, 0.1) is 0 Å². The predicted molar refractivity (Wildman–Crippen MR) is 112 cm³/mol. The first-order chi connectivity index (χ1) is 13.6. The Labute approximate surface area is 167 Å². The molecule has 1 aliphatic rings. The fourth-order valence-electron chi connectivity index (χ4n) is 3.84. The summed E-state index contributed by atoms with van der Waals surface area (Å²) in [4.78, 5) is 4.87. The molecule has 28 heavy (non-hydrogen) atoms. The molecular weight excluding hydrogens is 370 g/mol. The molecule has 0 atom stereocenters. The third kappa shape index (κ3) is 2.72. The number of halogens is 1. The largest absolute Gasteiger partial charge is 0.508 e. The summed E-state index contributed by atoms with van der Waals surface area (Å²) in [5, 5.41) is 21.0. The van der Waals surface area contributed by atoms with Crippen molar-refractivity contribution in [1.29, 1.82) is 0 Å². The van der Waals surface area contributed by atoms with Crippen LogP contribution in [0.5, 0.6) is 11.5 Å². The Hall–Kier alpha value is -3.30. The molecule has 1 aliphatic carbocycles. The highest BCUT2D eigenvalue weighted by Gasteiger charge is 2.25. The van der Waals surface area contributed by atoms with Crippen molar-refractivity contribution in [3.05, 3.63) is 88.9 Å². The fraction of sp³-hybridized carbons (Fsp3) is 0.0417. The lowest BCUT2D eigenvalue weighted by Crippen LogP contribution is -1.95. The van der Waals surface area contributed by atoms with Crippen molar-refractivity contribution in [2.45, 2.75) is 6.42 Å². The third-order valence-electron chi connectivity index (χ3n) is 5.16. The van der Waals surface area contributed by atoms with Crippen molar-refractivity contribution in [2.24, 2.45) is 0 Å². The molecule has 0 saturated carbocycles. The lowest BCUT2D eigenvalue weighted by Gasteiger charge is -2.13. The highest BCUT2D eigenvalue weighted by Crippen LogP contribution is 2.44. The highest BCUT2D eigenvalue weighted by atomic mass is 35.5. The molecule has 136 valence electrons. The number of pyridine rings is 1. The molecule has 1 heterocycles. The molecule has 0 bridgehead atoms. The molecule has 0 aliphatic heterocycles. The van der Waals surface area contributed by atoms with E-state index in [2.05, 4.69) is 0 Å². The lowest BCUT2D eigenvalue weighted by atomic mass is 9.96. The van der Waals surface area contributed by atoms with Gasteiger partial charge in [-0.25, -0.2) is 4.98 Å². The van der Waals surface area contributed by atoms with Gasteiger partial charge in [-0.3, -0.25) is 0 Å². The van der Waals surface area contributed by atoms with Crippen LogP contribution >= 0.6 is 11.6 Å². The van der Waals surface area contributed by atoms with E-state index >= 15 is 0 Å². The number of phenols is 2. The number of rotatable bonds is 2. The maximum absolute atomic E-state index is 10.4. The summed E-state index contributed by atoms with van der Waals surface area (Å²) in [5.74, 6) is 0.395. The number of aromatic nitrogens is 1. The Kier molecular flexibility index (Phi) is 3.85. The van der Waals surface area contributed by atoms with Crippen LogP contribution in [0.2, 0.25) is 5.02 Å². The molecule has 2 N–H and O–H groups in total. The average molecular weight is 386 g/mol. The van der Waals surface area contributed by atoms with Gasteiger partial charge in [-0.1, -0.05) is 41.9 Å². The van der Waals surface area contributed by atoms with E-state index < -0.39 is 0 Å². The summed E-state index contributed by atoms with van der Waals surface area (Å²) < 4.78 is 0. The SMILES string of the molecule is Oc1ccc2c(c1)-c1nc(-c3ccccc3O)cc(-c3cccc(Cl)c3)c1C2. The minimum atomic E-state index is 0.182. The van der Waals surface area contributed by atoms with E-state index in [-0.39, 0.29) is 11.5 Å². The van der Waals surface area contributed by atoms with E-state index in [9.17, 15) is 10.2 Å². The first kappa shape index (κ1) is 16.8. The molecule has 0 unspecified atom stereocenters. The van der Waals surface area contributed by atoms with Gasteiger partial charge < -0.3 is 10.2 Å². The molecular formula is C24H16ClNO2. The molecule has 5 rings (SSSR count). The second kappa shape index (κ2) is 6.39. The van der Waals surface area contributed by atoms with Gasteiger partial charge in [0.05, 0.1) is 11.4 Å². The first-order valence-corrected chi connectivity index (χ1v) is 9.38. The third-order valence-corrected chi connectivity index (χ3v) is 5.39. The number of aromatic hydroxyl groups is 2. The number of para-hydroxylation sites is 1. The lowest BCUT2D eigenvalue weighted by molar-refractivity contribution is 0.475. The van der Waals surface area contributed by atoms with Gasteiger partial charge in [0.2, 0.25) is 0 Å². The number of fused-ring (bicyclic) bond motifs is 3. The quantitative estimate of drug-likeness (QED) is 0.389. The van der Waals surface area contributed by atoms with Gasteiger partial charge in [0.1, 0.15) is 11.5 Å². The minimum Gasteiger partial charge on any atom is -0.508 e. The number of hydrogen-bond donors (Lipinski definition) is 2. The topological polar surface area (TPSA) is 53.4 Å². The molecule has 0 radical (unpaired) electrons. The number of nitrogens with zero attached hydrogens (tertiary/aromatic N) is 1. The van der Waals surface area contributed by atoms with Gasteiger partial charge in [-0.05, 0) is 64.7 Å². The summed E-state index contributed by atoms with van der Waals surface area (Å²) in [7, 11) is 0. The molecule has 0 spiro atoms. The molecule has 3 nitrogen and oxygen atoms in total. The van der Waals surface area contributed by atoms with Crippen molar-refractivity contribution >= 4 is 11.6 Å². The second-order valence-corrected chi connectivity index (χ2v) is 7.36. The van der Waals surface area contributed by atoms with Gasteiger partial charge in [-0.15, -0.1) is 0 Å². The zero-order valence-corrected chi connectivity index (χ0v) is 15.6. The van der Waals surface area contributed by atoms with E-state index in [1.807, 2.05) is 48.5 Å². The van der Waals surface area contributed by atoms with Crippen LogP contribution in [0.3, 0.4) is 0 Å². The molecule has 4 heteroatoms. The van der Waals surface area contributed by atoms with E-state index in [1.165, 1.54) is 0 Å². The van der Waals surface area contributed by atoms with E-state index in [4.69, 9.17) is 16.6 Å². The number of benzene rings is 3. The Bertz CT molecular complexity index is 1230. The van der Waals surface area contributed by atoms with Crippen molar-refractivity contribution in [3.63, 3.8) is 0 Å². The van der Waals surface area contributed by atoms with E-state index in [0.717, 1.165) is 39.9 Å². The molecule has 0 amide bonds. The van der Waals surface area contributed by atoms with Gasteiger partial charge in [0.25, 0.3) is 0 Å². The number of phenolic OH excluding ortho intramolecular Hbond substituents is 2. The van der Waals surface area contributed by atoms with Crippen LogP contribution in [-0.4, -0.2) is 15.2 Å². The Morgan fingerprint density at radius 2 is 1.64 bits per heavy atom. The Morgan fingerprint density at radius 1 is 0.786 bits per heavy atom. The van der Waals surface area contributed by atoms with Crippen molar-refractivity contribution in [2.75, 3.05) is 0 Å². The second-order valence-electron chi connectivity index (χ2n) is 6.93. The molecule has 0 saturated heterocycles. The molecule has 0 fully saturated rings. The fourth-order valence-corrected chi connectivity index (χ4v) is 4.03. The number of hydrogen-bond acceptors (Lipinski definition) is 3. The molecule has 3 aromatic carbocycles. The van der Waals surface area contributed by atoms with E-state index in [1.54, 1.807) is 24.3 Å². The summed E-state index contributed by atoms with van der Waals surface area (Å²) in [5.41, 5.74) is 7.36. The standard InChI is InChI=1S/C24H16ClNO2/c25-16-5-3-4-14(10-16)19-13-22(18-6-1-2-7-23(18)28)26-24-20-12-17(27)9-8-15(20)11-21(19)24/h1-10,12-13,27-28H,11H2. The smallest absolute Gasteiger partial charge is 0.124 e. The highest BCUT2D eigenvalue weighted by molar-refractivity contribution is 6.30. The van der Waals surface area contributed by atoms with Gasteiger partial charge in [0, 0.05) is 22.6 Å². The zero-order valence-electron chi connectivity index (χ0n) is 14.9. The van der Waals surface area contributed by atoms with Crippen LogP contribution in [-0.2, 0) is 6.42 Å². The minimum absolute atomic E-state index is 0.182. The Morgan fingerprint density at radius 3 is 2.46 bits per heavy atom. The van der Waals surface area contributed by atoms with Crippen LogP contribution < -0.4 is 0 Å². The van der Waals surface area contributed by atoms with Crippen LogP contribution in [0.4, 0.5) is 0 Å². The molecule has 4 aromatic rings. The van der Waals surface area contributed by atoms with Crippen molar-refractivity contribution in [1.82, 2.24) is 4.98 Å². The van der Waals surface area contributed by atoms with Crippen LogP contribution in [0.25, 0.3) is 33.6 Å². The Balaban J connectivity index is 1.82. The van der Waals surface area contributed by atoms with Gasteiger partial charge >= 0.3 is 0 Å². The zero-order chi connectivity index (χ0) is 19.3. The van der Waals surface area contributed by atoms with Crippen molar-refractivity contribution in [3.8, 4) is 45.1 Å². The summed E-state index contributed by atoms with van der Waals surface area (Å²) in [6.45, 7) is 0. The van der Waals surface area contributed by atoms with Gasteiger partial charge in [0.15, 0.2) is 0 Å². The monoisotopic (exact) mass is 385 g/mol.